The van der Waals surface area contributed by atoms with E-state index >= 15 is 0 Å². The van der Waals surface area contributed by atoms with Crippen molar-refractivity contribution in [1.82, 2.24) is 4.90 Å². The zero-order valence-electron chi connectivity index (χ0n) is 11.5. The summed E-state index contributed by atoms with van der Waals surface area (Å²) in [4.78, 5) is 16.7. The van der Waals surface area contributed by atoms with Gasteiger partial charge in [-0.2, -0.15) is 0 Å². The van der Waals surface area contributed by atoms with Crippen molar-refractivity contribution in [1.29, 1.82) is 0 Å². The Bertz CT molecular complexity index is 452. The summed E-state index contributed by atoms with van der Waals surface area (Å²) in [6.45, 7) is 3.47. The summed E-state index contributed by atoms with van der Waals surface area (Å²) in [7, 11) is 0. The molecule has 0 unspecified atom stereocenters. The number of benzene rings is 1. The maximum Gasteiger partial charge on any atom is 0.242 e. The molecule has 0 aromatic heterocycles. The molecule has 0 bridgehead atoms. The first-order valence-electron chi connectivity index (χ1n) is 7.45. The standard InChI is InChI=1S/C16H22N2O/c19-16(17-10-4-1-5-11-17)13-18-12-6-8-14-7-2-3-9-15(14)18/h2-3,7,9H,1,4-6,8,10-13H2. The van der Waals surface area contributed by atoms with Crippen molar-refractivity contribution >= 4 is 11.6 Å². The highest BCUT2D eigenvalue weighted by molar-refractivity contribution is 5.82. The van der Waals surface area contributed by atoms with Gasteiger partial charge in [0.2, 0.25) is 5.91 Å². The molecule has 1 amide bonds. The fourth-order valence-corrected chi connectivity index (χ4v) is 3.18. The van der Waals surface area contributed by atoms with Crippen LogP contribution in [0.5, 0.6) is 0 Å². The minimum absolute atomic E-state index is 0.302. The number of anilines is 1. The Hall–Kier alpha value is -1.51. The summed E-state index contributed by atoms with van der Waals surface area (Å²) in [6, 6.07) is 8.50. The zero-order valence-corrected chi connectivity index (χ0v) is 11.5. The molecular formula is C16H22N2O. The number of aryl methyl sites for hydroxylation is 1. The van der Waals surface area contributed by atoms with Crippen LogP contribution < -0.4 is 4.90 Å². The Kier molecular flexibility index (Phi) is 3.72. The van der Waals surface area contributed by atoms with Gasteiger partial charge in [-0.25, -0.2) is 0 Å². The zero-order chi connectivity index (χ0) is 13.1. The molecular weight excluding hydrogens is 236 g/mol. The molecule has 3 heteroatoms. The van der Waals surface area contributed by atoms with Gasteiger partial charge in [-0.1, -0.05) is 18.2 Å². The molecule has 2 aliphatic heterocycles. The predicted molar refractivity (Wildman–Crippen MR) is 77.4 cm³/mol. The molecule has 0 spiro atoms. The first-order chi connectivity index (χ1) is 9.34. The minimum Gasteiger partial charge on any atom is -0.362 e. The highest BCUT2D eigenvalue weighted by Gasteiger charge is 2.22. The lowest BCUT2D eigenvalue weighted by Crippen LogP contribution is -2.44. The van der Waals surface area contributed by atoms with E-state index in [-0.39, 0.29) is 0 Å². The molecule has 0 N–H and O–H groups in total. The third-order valence-corrected chi connectivity index (χ3v) is 4.24. The van der Waals surface area contributed by atoms with Crippen LogP contribution in [-0.2, 0) is 11.2 Å². The smallest absolute Gasteiger partial charge is 0.242 e. The van der Waals surface area contributed by atoms with Gasteiger partial charge in [-0.05, 0) is 43.7 Å². The molecule has 3 nitrogen and oxygen atoms in total. The molecule has 2 aliphatic rings. The number of carbonyl (C=O) groups is 1. The van der Waals surface area contributed by atoms with Crippen LogP contribution in [0.3, 0.4) is 0 Å². The monoisotopic (exact) mass is 258 g/mol. The van der Waals surface area contributed by atoms with Crippen LogP contribution in [0, 0.1) is 0 Å². The molecule has 0 atom stereocenters. The Morgan fingerprint density at radius 2 is 1.79 bits per heavy atom. The van der Waals surface area contributed by atoms with Crippen LogP contribution >= 0.6 is 0 Å². The highest BCUT2D eigenvalue weighted by Crippen LogP contribution is 2.26. The van der Waals surface area contributed by atoms with Gasteiger partial charge in [-0.3, -0.25) is 4.79 Å². The number of likely N-dealkylation sites (tertiary alicyclic amines) is 1. The van der Waals surface area contributed by atoms with E-state index in [9.17, 15) is 4.79 Å². The number of fused-ring (bicyclic) bond motifs is 1. The number of piperidine rings is 1. The molecule has 2 heterocycles. The SMILES string of the molecule is O=C(CN1CCCc2ccccc21)N1CCCCC1. The molecule has 1 fully saturated rings. The van der Waals surface area contributed by atoms with Gasteiger partial charge < -0.3 is 9.80 Å². The fraction of sp³-hybridized carbons (Fsp3) is 0.562. The van der Waals surface area contributed by atoms with Crippen molar-refractivity contribution in [2.45, 2.75) is 32.1 Å². The highest BCUT2D eigenvalue weighted by atomic mass is 16.2. The lowest BCUT2D eigenvalue weighted by Gasteiger charge is -2.34. The van der Waals surface area contributed by atoms with Crippen molar-refractivity contribution < 1.29 is 4.79 Å². The first-order valence-corrected chi connectivity index (χ1v) is 7.45. The summed E-state index contributed by atoms with van der Waals surface area (Å²) in [5, 5.41) is 0. The number of carbonyl (C=O) groups excluding carboxylic acids is 1. The summed E-state index contributed by atoms with van der Waals surface area (Å²) in [6.07, 6.45) is 5.91. The quantitative estimate of drug-likeness (QED) is 0.813. The molecule has 0 saturated carbocycles. The van der Waals surface area contributed by atoms with Crippen molar-refractivity contribution in [3.05, 3.63) is 29.8 Å². The van der Waals surface area contributed by atoms with Crippen molar-refractivity contribution in [2.24, 2.45) is 0 Å². The van der Waals surface area contributed by atoms with E-state index in [4.69, 9.17) is 0 Å². The van der Waals surface area contributed by atoms with Gasteiger partial charge >= 0.3 is 0 Å². The van der Waals surface area contributed by atoms with E-state index in [2.05, 4.69) is 29.2 Å². The third-order valence-electron chi connectivity index (χ3n) is 4.24. The summed E-state index contributed by atoms with van der Waals surface area (Å²) in [5.41, 5.74) is 2.65. The van der Waals surface area contributed by atoms with E-state index in [0.717, 1.165) is 32.5 Å². The van der Waals surface area contributed by atoms with Crippen LogP contribution in [0.25, 0.3) is 0 Å². The largest absolute Gasteiger partial charge is 0.362 e. The average molecular weight is 258 g/mol. The van der Waals surface area contributed by atoms with Crippen LogP contribution in [0.1, 0.15) is 31.2 Å². The number of rotatable bonds is 2. The molecule has 1 aromatic carbocycles. The van der Waals surface area contributed by atoms with Gasteiger partial charge in [0.15, 0.2) is 0 Å². The molecule has 1 aromatic rings. The lowest BCUT2D eigenvalue weighted by molar-refractivity contribution is -0.130. The maximum absolute atomic E-state index is 12.4. The second kappa shape index (κ2) is 5.64. The summed E-state index contributed by atoms with van der Waals surface area (Å²) >= 11 is 0. The Balaban J connectivity index is 1.68. The molecule has 0 aliphatic carbocycles. The molecule has 0 radical (unpaired) electrons. The first kappa shape index (κ1) is 12.5. The normalized spacial score (nSPS) is 19.2. The van der Waals surface area contributed by atoms with Crippen LogP contribution in [-0.4, -0.2) is 37.0 Å². The van der Waals surface area contributed by atoms with Crippen LogP contribution in [0.2, 0.25) is 0 Å². The van der Waals surface area contributed by atoms with Gasteiger partial charge in [0.05, 0.1) is 6.54 Å². The number of hydrogen-bond acceptors (Lipinski definition) is 2. The van der Waals surface area contributed by atoms with Gasteiger partial charge in [-0.15, -0.1) is 0 Å². The number of nitrogens with zero attached hydrogens (tertiary/aromatic N) is 2. The van der Waals surface area contributed by atoms with Gasteiger partial charge in [0.25, 0.3) is 0 Å². The molecule has 19 heavy (non-hydrogen) atoms. The summed E-state index contributed by atoms with van der Waals surface area (Å²) < 4.78 is 0. The average Bonchev–Trinajstić information content (AvgIpc) is 2.48. The minimum atomic E-state index is 0.302. The van der Waals surface area contributed by atoms with Gasteiger partial charge in [0.1, 0.15) is 0 Å². The number of hydrogen-bond donors (Lipinski definition) is 0. The number of para-hydroxylation sites is 1. The Morgan fingerprint density at radius 1 is 1.00 bits per heavy atom. The third kappa shape index (κ3) is 2.75. The molecule has 1 saturated heterocycles. The van der Waals surface area contributed by atoms with E-state index in [1.165, 1.54) is 30.5 Å². The van der Waals surface area contributed by atoms with Crippen LogP contribution in [0.4, 0.5) is 5.69 Å². The van der Waals surface area contributed by atoms with E-state index < -0.39 is 0 Å². The van der Waals surface area contributed by atoms with Crippen LogP contribution in [0.15, 0.2) is 24.3 Å². The molecule has 3 rings (SSSR count). The maximum atomic E-state index is 12.4. The van der Waals surface area contributed by atoms with E-state index in [1.54, 1.807) is 0 Å². The summed E-state index contributed by atoms with van der Waals surface area (Å²) in [5.74, 6) is 0.302. The van der Waals surface area contributed by atoms with E-state index in [1.807, 2.05) is 4.90 Å². The second-order valence-electron chi connectivity index (χ2n) is 5.60. The predicted octanol–water partition coefficient (Wildman–Crippen LogP) is 2.45. The number of amides is 1. The Morgan fingerprint density at radius 3 is 2.63 bits per heavy atom. The molecule has 102 valence electrons. The van der Waals surface area contributed by atoms with Gasteiger partial charge in [0, 0.05) is 25.3 Å². The fourth-order valence-electron chi connectivity index (χ4n) is 3.18. The Labute approximate surface area is 115 Å². The van der Waals surface area contributed by atoms with Crippen molar-refractivity contribution in [3.8, 4) is 0 Å². The van der Waals surface area contributed by atoms with E-state index in [0.29, 0.717) is 12.5 Å². The topological polar surface area (TPSA) is 23.6 Å². The van der Waals surface area contributed by atoms with Crippen molar-refractivity contribution in [2.75, 3.05) is 31.1 Å². The van der Waals surface area contributed by atoms with Crippen molar-refractivity contribution in [3.63, 3.8) is 0 Å². The second-order valence-corrected chi connectivity index (χ2v) is 5.60. The lowest BCUT2D eigenvalue weighted by atomic mass is 10.0.